The number of rotatable bonds is 1. The largest absolute Gasteiger partial charge is 0.492 e. The quantitative estimate of drug-likeness (QED) is 0.828. The summed E-state index contributed by atoms with van der Waals surface area (Å²) in [5.74, 6) is -0.0955. The van der Waals surface area contributed by atoms with Crippen LogP contribution in [-0.2, 0) is 4.74 Å². The second-order valence-electron chi connectivity index (χ2n) is 3.97. The van der Waals surface area contributed by atoms with E-state index in [1.54, 1.807) is 4.57 Å². The minimum atomic E-state index is -0.886. The summed E-state index contributed by atoms with van der Waals surface area (Å²) in [7, 11) is 0. The lowest BCUT2D eigenvalue weighted by atomic mass is 10.2. The number of aliphatic hydroxyl groups excluding tert-OH is 1. The number of fused-ring (bicyclic) bond motifs is 1. The van der Waals surface area contributed by atoms with Crippen LogP contribution in [0.25, 0.3) is 11.2 Å². The van der Waals surface area contributed by atoms with Crippen molar-refractivity contribution in [1.82, 2.24) is 19.5 Å². The van der Waals surface area contributed by atoms with E-state index in [0.717, 1.165) is 0 Å². The molecule has 0 amide bonds. The lowest BCUT2D eigenvalue weighted by Crippen LogP contribution is -2.07. The molecule has 0 spiro atoms. The third-order valence-corrected chi connectivity index (χ3v) is 3.20. The van der Waals surface area contributed by atoms with Gasteiger partial charge in [0.05, 0.1) is 0 Å². The van der Waals surface area contributed by atoms with Gasteiger partial charge in [-0.05, 0) is 0 Å². The molecule has 1 saturated heterocycles. The number of imidazole rings is 1. The monoisotopic (exact) mass is 302 g/mol. The van der Waals surface area contributed by atoms with Crippen LogP contribution in [0.4, 0.5) is 0 Å². The maximum absolute atomic E-state index is 9.79. The Morgan fingerprint density at radius 3 is 2.84 bits per heavy atom. The van der Waals surface area contributed by atoms with E-state index < -0.39 is 12.3 Å². The number of nitrogens with zero attached hydrogens (tertiary/aromatic N) is 4. The Kier molecular flexibility index (Phi) is 2.96. The molecule has 1 fully saturated rings. The average molecular weight is 303 g/mol. The number of aromatic nitrogens is 4. The van der Waals surface area contributed by atoms with Crippen LogP contribution in [-0.4, -0.2) is 35.8 Å². The third kappa shape index (κ3) is 1.99. The van der Waals surface area contributed by atoms with Gasteiger partial charge in [-0.25, -0.2) is 9.97 Å². The highest BCUT2D eigenvalue weighted by Gasteiger charge is 2.34. The first-order chi connectivity index (χ1) is 9.08. The standard InChI is InChI=1S/C10H8Cl2N4O3/c11-8(12)7-4(17)1-5(19-7)16-3-15-6-9(16)13-2-14-10(6)18/h2-5,17H,1H2,(H,13,14,18)/t4-,5+/m0/s1. The molecule has 7 nitrogen and oxygen atoms in total. The normalized spacial score (nSPS) is 22.8. The minimum absolute atomic E-state index is 0.114. The first kappa shape index (κ1) is 12.5. The lowest BCUT2D eigenvalue weighted by molar-refractivity contribution is 0.100. The summed E-state index contributed by atoms with van der Waals surface area (Å²) in [6.45, 7) is 0. The van der Waals surface area contributed by atoms with Gasteiger partial charge in [0.15, 0.2) is 23.2 Å². The fraction of sp³-hybridized carbons (Fsp3) is 0.300. The van der Waals surface area contributed by atoms with Gasteiger partial charge in [0, 0.05) is 6.42 Å². The van der Waals surface area contributed by atoms with Crippen molar-refractivity contribution in [2.75, 3.05) is 0 Å². The maximum Gasteiger partial charge on any atom is 0.242 e. The number of hydrogen-bond acceptors (Lipinski definition) is 6. The highest BCUT2D eigenvalue weighted by Crippen LogP contribution is 2.36. The van der Waals surface area contributed by atoms with E-state index in [2.05, 4.69) is 15.0 Å². The van der Waals surface area contributed by atoms with Crippen molar-refractivity contribution < 1.29 is 14.9 Å². The highest BCUT2D eigenvalue weighted by molar-refractivity contribution is 6.56. The lowest BCUT2D eigenvalue weighted by Gasteiger charge is -2.12. The Morgan fingerprint density at radius 1 is 1.37 bits per heavy atom. The topological polar surface area (TPSA) is 93.3 Å². The van der Waals surface area contributed by atoms with Crippen molar-refractivity contribution in [2.45, 2.75) is 18.8 Å². The van der Waals surface area contributed by atoms with Crippen LogP contribution >= 0.6 is 23.2 Å². The molecule has 3 heterocycles. The van der Waals surface area contributed by atoms with Crippen LogP contribution in [0.5, 0.6) is 5.88 Å². The van der Waals surface area contributed by atoms with Gasteiger partial charge in [0.2, 0.25) is 5.88 Å². The summed E-state index contributed by atoms with van der Waals surface area (Å²) in [6, 6.07) is 0. The summed E-state index contributed by atoms with van der Waals surface area (Å²) in [5, 5.41) is 19.3. The molecular formula is C10H8Cl2N4O3. The highest BCUT2D eigenvalue weighted by atomic mass is 35.5. The molecule has 19 heavy (non-hydrogen) atoms. The first-order valence-electron chi connectivity index (χ1n) is 5.34. The summed E-state index contributed by atoms with van der Waals surface area (Å²) in [5.41, 5.74) is 0.659. The molecule has 2 atom stereocenters. The van der Waals surface area contributed by atoms with E-state index in [-0.39, 0.29) is 28.1 Å². The van der Waals surface area contributed by atoms with Crippen LogP contribution in [0.15, 0.2) is 22.9 Å². The average Bonchev–Trinajstić information content (AvgIpc) is 2.93. The fourth-order valence-corrected chi connectivity index (χ4v) is 2.30. The predicted molar refractivity (Wildman–Crippen MR) is 66.5 cm³/mol. The Bertz CT molecular complexity index is 668. The van der Waals surface area contributed by atoms with Gasteiger partial charge < -0.3 is 14.9 Å². The first-order valence-corrected chi connectivity index (χ1v) is 6.10. The van der Waals surface area contributed by atoms with Crippen molar-refractivity contribution >= 4 is 34.4 Å². The summed E-state index contributed by atoms with van der Waals surface area (Å²) in [6.07, 6.45) is 1.49. The Balaban J connectivity index is 2.03. The van der Waals surface area contributed by atoms with Gasteiger partial charge in [-0.2, -0.15) is 4.98 Å². The molecule has 9 heteroatoms. The van der Waals surface area contributed by atoms with E-state index in [9.17, 15) is 10.2 Å². The van der Waals surface area contributed by atoms with Gasteiger partial charge in [0.25, 0.3) is 0 Å². The maximum atomic E-state index is 9.79. The zero-order chi connectivity index (χ0) is 13.6. The SMILES string of the molecule is Oc1ncnc2c1ncn2[C@H]1C[C@H](O)C(=C(Cl)Cl)O1. The third-order valence-electron chi connectivity index (χ3n) is 2.83. The van der Waals surface area contributed by atoms with Crippen LogP contribution in [0.3, 0.4) is 0 Å². The molecule has 1 aliphatic heterocycles. The van der Waals surface area contributed by atoms with Crippen molar-refractivity contribution in [3.05, 3.63) is 22.9 Å². The van der Waals surface area contributed by atoms with Crippen LogP contribution in [0.1, 0.15) is 12.6 Å². The zero-order valence-corrected chi connectivity index (χ0v) is 10.9. The fourth-order valence-electron chi connectivity index (χ4n) is 1.96. The van der Waals surface area contributed by atoms with E-state index in [1.807, 2.05) is 0 Å². The molecule has 2 aromatic rings. The number of hydrogen-bond donors (Lipinski definition) is 2. The van der Waals surface area contributed by atoms with E-state index in [4.69, 9.17) is 27.9 Å². The summed E-state index contributed by atoms with van der Waals surface area (Å²) >= 11 is 11.2. The Morgan fingerprint density at radius 2 is 2.16 bits per heavy atom. The van der Waals surface area contributed by atoms with Crippen molar-refractivity contribution in [2.24, 2.45) is 0 Å². The zero-order valence-electron chi connectivity index (χ0n) is 9.36. The molecule has 3 rings (SSSR count). The van der Waals surface area contributed by atoms with Gasteiger partial charge in [-0.1, -0.05) is 23.2 Å². The Labute approximate surface area is 117 Å². The molecule has 0 saturated carbocycles. The predicted octanol–water partition coefficient (Wildman–Crippen LogP) is 1.46. The summed E-state index contributed by atoms with van der Waals surface area (Å²) < 4.78 is 6.93. The van der Waals surface area contributed by atoms with E-state index >= 15 is 0 Å². The van der Waals surface area contributed by atoms with Gasteiger partial charge in [-0.15, -0.1) is 0 Å². The van der Waals surface area contributed by atoms with Gasteiger partial charge in [-0.3, -0.25) is 4.57 Å². The molecule has 0 aliphatic carbocycles. The van der Waals surface area contributed by atoms with E-state index in [0.29, 0.717) is 5.65 Å². The second kappa shape index (κ2) is 4.52. The van der Waals surface area contributed by atoms with Crippen LogP contribution < -0.4 is 0 Å². The number of aliphatic hydroxyl groups is 1. The van der Waals surface area contributed by atoms with Crippen molar-refractivity contribution in [1.29, 1.82) is 0 Å². The molecule has 1 aliphatic rings. The van der Waals surface area contributed by atoms with Crippen molar-refractivity contribution in [3.63, 3.8) is 0 Å². The molecular weight excluding hydrogens is 295 g/mol. The van der Waals surface area contributed by atoms with Gasteiger partial charge >= 0.3 is 0 Å². The molecule has 0 bridgehead atoms. The van der Waals surface area contributed by atoms with Crippen molar-refractivity contribution in [3.8, 4) is 5.88 Å². The second-order valence-corrected chi connectivity index (χ2v) is 4.92. The molecule has 100 valence electrons. The van der Waals surface area contributed by atoms with Crippen LogP contribution in [0.2, 0.25) is 0 Å². The Hall–Kier alpha value is -1.57. The van der Waals surface area contributed by atoms with Gasteiger partial charge in [0.1, 0.15) is 23.3 Å². The number of aromatic hydroxyl groups is 1. The summed E-state index contributed by atoms with van der Waals surface area (Å²) in [4.78, 5) is 11.7. The smallest absolute Gasteiger partial charge is 0.242 e. The number of halogens is 2. The van der Waals surface area contributed by atoms with E-state index in [1.165, 1.54) is 12.7 Å². The number of ether oxygens (including phenoxy) is 1. The molecule has 0 radical (unpaired) electrons. The molecule has 2 N–H and O–H groups in total. The van der Waals surface area contributed by atoms with Crippen LogP contribution in [0, 0.1) is 0 Å². The molecule has 0 aromatic carbocycles. The minimum Gasteiger partial charge on any atom is -0.492 e. The molecule has 2 aromatic heterocycles. The molecule has 0 unspecified atom stereocenters.